The highest BCUT2D eigenvalue weighted by molar-refractivity contribution is 5.62. The predicted molar refractivity (Wildman–Crippen MR) is 73.6 cm³/mol. The van der Waals surface area contributed by atoms with Crippen LogP contribution in [0.25, 0.3) is 0 Å². The number of methoxy groups -OCH3 is 1. The molecule has 0 aliphatic carbocycles. The van der Waals surface area contributed by atoms with E-state index in [0.29, 0.717) is 23.7 Å². The first-order valence-electron chi connectivity index (χ1n) is 6.21. The summed E-state index contributed by atoms with van der Waals surface area (Å²) < 4.78 is 18.7. The fraction of sp³-hybridized carbons (Fsp3) is 0.538. The van der Waals surface area contributed by atoms with Crippen LogP contribution in [0.15, 0.2) is 12.1 Å². The van der Waals surface area contributed by atoms with Crippen molar-refractivity contribution in [2.45, 2.75) is 13.8 Å². The van der Waals surface area contributed by atoms with E-state index >= 15 is 0 Å². The van der Waals surface area contributed by atoms with Crippen molar-refractivity contribution in [3.63, 3.8) is 0 Å². The molecule has 0 fully saturated rings. The van der Waals surface area contributed by atoms with E-state index in [1.165, 1.54) is 13.2 Å². The van der Waals surface area contributed by atoms with Crippen LogP contribution in [0.1, 0.15) is 13.8 Å². The molecule has 102 valence electrons. The minimum atomic E-state index is -0.354. The van der Waals surface area contributed by atoms with E-state index in [2.05, 4.69) is 24.1 Å². The van der Waals surface area contributed by atoms with Crippen LogP contribution in [0.5, 0.6) is 5.75 Å². The summed E-state index contributed by atoms with van der Waals surface area (Å²) in [5.74, 6) is 0.134. The molecule has 0 saturated carbocycles. The highest BCUT2D eigenvalue weighted by Gasteiger charge is 2.08. The zero-order valence-electron chi connectivity index (χ0n) is 11.3. The number of nitrogens with one attached hydrogen (secondary N) is 1. The zero-order valence-corrected chi connectivity index (χ0v) is 11.3. The van der Waals surface area contributed by atoms with Crippen molar-refractivity contribution in [2.75, 3.05) is 44.3 Å². The van der Waals surface area contributed by atoms with Crippen molar-refractivity contribution < 1.29 is 9.13 Å². The number of ether oxygens (including phenoxy) is 1. The topological polar surface area (TPSA) is 50.5 Å². The van der Waals surface area contributed by atoms with Crippen LogP contribution in [0.2, 0.25) is 0 Å². The Kier molecular flexibility index (Phi) is 5.71. The van der Waals surface area contributed by atoms with Gasteiger partial charge in [-0.3, -0.25) is 0 Å². The molecule has 1 rings (SSSR count). The van der Waals surface area contributed by atoms with Crippen LogP contribution >= 0.6 is 0 Å². The third-order valence-electron chi connectivity index (χ3n) is 2.96. The Morgan fingerprint density at radius 3 is 2.56 bits per heavy atom. The second-order valence-electron chi connectivity index (χ2n) is 4.03. The molecule has 0 aliphatic heterocycles. The predicted octanol–water partition coefficient (Wildman–Crippen LogP) is 2.17. The minimum Gasteiger partial charge on any atom is -0.495 e. The lowest BCUT2D eigenvalue weighted by Gasteiger charge is -2.19. The molecular formula is C13H22FN3O. The van der Waals surface area contributed by atoms with Gasteiger partial charge in [-0.05, 0) is 13.1 Å². The SMILES string of the molecule is CCN(CC)CCNc1cc(OC)c(N)cc1F. The van der Waals surface area contributed by atoms with Gasteiger partial charge in [-0.2, -0.15) is 0 Å². The number of hydrogen-bond acceptors (Lipinski definition) is 4. The fourth-order valence-electron chi connectivity index (χ4n) is 1.77. The van der Waals surface area contributed by atoms with Gasteiger partial charge in [0.1, 0.15) is 11.6 Å². The molecule has 0 atom stereocenters. The molecule has 0 bridgehead atoms. The Hall–Kier alpha value is -1.49. The first kappa shape index (κ1) is 14.6. The molecule has 0 aliphatic rings. The molecule has 0 heterocycles. The van der Waals surface area contributed by atoms with Gasteiger partial charge in [0, 0.05) is 25.2 Å². The van der Waals surface area contributed by atoms with Gasteiger partial charge in [0.25, 0.3) is 0 Å². The van der Waals surface area contributed by atoms with E-state index < -0.39 is 0 Å². The lowest BCUT2D eigenvalue weighted by atomic mass is 10.2. The summed E-state index contributed by atoms with van der Waals surface area (Å²) in [5.41, 5.74) is 6.35. The third-order valence-corrected chi connectivity index (χ3v) is 2.96. The number of nitrogens with zero attached hydrogens (tertiary/aromatic N) is 1. The quantitative estimate of drug-likeness (QED) is 0.733. The molecule has 4 nitrogen and oxygen atoms in total. The molecule has 0 aromatic heterocycles. The molecule has 5 heteroatoms. The molecular weight excluding hydrogens is 233 g/mol. The van der Waals surface area contributed by atoms with Crippen molar-refractivity contribution in [1.82, 2.24) is 4.90 Å². The fourth-order valence-corrected chi connectivity index (χ4v) is 1.77. The number of anilines is 2. The highest BCUT2D eigenvalue weighted by atomic mass is 19.1. The van der Waals surface area contributed by atoms with Gasteiger partial charge in [-0.25, -0.2) is 4.39 Å². The van der Waals surface area contributed by atoms with E-state index in [1.807, 2.05) is 0 Å². The van der Waals surface area contributed by atoms with Crippen molar-refractivity contribution >= 4 is 11.4 Å². The number of likely N-dealkylation sites (N-methyl/N-ethyl adjacent to an activating group) is 1. The second kappa shape index (κ2) is 7.06. The molecule has 1 aromatic rings. The molecule has 0 amide bonds. The van der Waals surface area contributed by atoms with Crippen LogP contribution in [-0.2, 0) is 0 Å². The number of nitrogen functional groups attached to an aromatic ring is 1. The summed E-state index contributed by atoms with van der Waals surface area (Å²) in [6.07, 6.45) is 0. The largest absolute Gasteiger partial charge is 0.495 e. The summed E-state index contributed by atoms with van der Waals surface area (Å²) in [6, 6.07) is 2.87. The highest BCUT2D eigenvalue weighted by Crippen LogP contribution is 2.27. The van der Waals surface area contributed by atoms with Gasteiger partial charge in [-0.15, -0.1) is 0 Å². The first-order valence-corrected chi connectivity index (χ1v) is 6.21. The maximum absolute atomic E-state index is 13.6. The van der Waals surface area contributed by atoms with Crippen LogP contribution < -0.4 is 15.8 Å². The second-order valence-corrected chi connectivity index (χ2v) is 4.03. The summed E-state index contributed by atoms with van der Waals surface area (Å²) in [5, 5.41) is 3.06. The van der Waals surface area contributed by atoms with Crippen LogP contribution in [0.3, 0.4) is 0 Å². The van der Waals surface area contributed by atoms with Crippen LogP contribution in [0.4, 0.5) is 15.8 Å². The maximum atomic E-state index is 13.6. The summed E-state index contributed by atoms with van der Waals surface area (Å²) >= 11 is 0. The normalized spacial score (nSPS) is 10.7. The lowest BCUT2D eigenvalue weighted by Crippen LogP contribution is -2.28. The Bertz CT molecular complexity index is 381. The van der Waals surface area contributed by atoms with Crippen molar-refractivity contribution in [3.8, 4) is 5.75 Å². The van der Waals surface area contributed by atoms with Gasteiger partial charge >= 0.3 is 0 Å². The number of halogens is 1. The first-order chi connectivity index (χ1) is 8.62. The summed E-state index contributed by atoms with van der Waals surface area (Å²) in [7, 11) is 1.52. The molecule has 18 heavy (non-hydrogen) atoms. The monoisotopic (exact) mass is 255 g/mol. The van der Waals surface area contributed by atoms with Crippen molar-refractivity contribution in [2.24, 2.45) is 0 Å². The van der Waals surface area contributed by atoms with E-state index in [4.69, 9.17) is 10.5 Å². The average Bonchev–Trinajstić information content (AvgIpc) is 2.37. The Balaban J connectivity index is 2.61. The van der Waals surface area contributed by atoms with E-state index in [0.717, 1.165) is 19.6 Å². The molecule has 0 saturated heterocycles. The van der Waals surface area contributed by atoms with Crippen molar-refractivity contribution in [1.29, 1.82) is 0 Å². The average molecular weight is 255 g/mol. The number of rotatable bonds is 7. The standard InChI is InChI=1S/C13H22FN3O/c1-4-17(5-2)7-6-16-12-9-13(18-3)11(15)8-10(12)14/h8-9,16H,4-7,15H2,1-3H3. The van der Waals surface area contributed by atoms with E-state index in [1.54, 1.807) is 6.07 Å². The molecule has 0 unspecified atom stereocenters. The van der Waals surface area contributed by atoms with Gasteiger partial charge in [0.2, 0.25) is 0 Å². The molecule has 3 N–H and O–H groups in total. The van der Waals surface area contributed by atoms with Crippen molar-refractivity contribution in [3.05, 3.63) is 17.9 Å². The van der Waals surface area contributed by atoms with Crippen LogP contribution in [0, 0.1) is 5.82 Å². The summed E-state index contributed by atoms with van der Waals surface area (Å²) in [6.45, 7) is 7.76. The Morgan fingerprint density at radius 1 is 1.33 bits per heavy atom. The zero-order chi connectivity index (χ0) is 13.5. The van der Waals surface area contributed by atoms with Gasteiger partial charge in [0.05, 0.1) is 18.5 Å². The smallest absolute Gasteiger partial charge is 0.148 e. The van der Waals surface area contributed by atoms with E-state index in [-0.39, 0.29) is 5.82 Å². The Labute approximate surface area is 108 Å². The Morgan fingerprint density at radius 2 is 2.00 bits per heavy atom. The van der Waals surface area contributed by atoms with Crippen LogP contribution in [-0.4, -0.2) is 38.2 Å². The molecule has 1 aromatic carbocycles. The van der Waals surface area contributed by atoms with E-state index in [9.17, 15) is 4.39 Å². The summed E-state index contributed by atoms with van der Waals surface area (Å²) in [4.78, 5) is 2.26. The number of hydrogen-bond donors (Lipinski definition) is 2. The molecule has 0 spiro atoms. The van der Waals surface area contributed by atoms with Gasteiger partial charge < -0.3 is 20.7 Å². The number of nitrogens with two attached hydrogens (primary N) is 1. The maximum Gasteiger partial charge on any atom is 0.148 e. The number of benzene rings is 1. The minimum absolute atomic E-state index is 0.310. The third kappa shape index (κ3) is 3.77. The van der Waals surface area contributed by atoms with Gasteiger partial charge in [0.15, 0.2) is 0 Å². The lowest BCUT2D eigenvalue weighted by molar-refractivity contribution is 0.316. The van der Waals surface area contributed by atoms with Gasteiger partial charge in [-0.1, -0.05) is 13.8 Å². The molecule has 0 radical (unpaired) electrons.